The van der Waals surface area contributed by atoms with E-state index >= 15 is 0 Å². The van der Waals surface area contributed by atoms with E-state index in [4.69, 9.17) is 4.74 Å². The van der Waals surface area contributed by atoms with Crippen LogP contribution in [0.3, 0.4) is 0 Å². The van der Waals surface area contributed by atoms with Crippen molar-refractivity contribution in [3.8, 4) is 0 Å². The van der Waals surface area contributed by atoms with Gasteiger partial charge >= 0.3 is 0 Å². The third-order valence-corrected chi connectivity index (χ3v) is 5.39. The summed E-state index contributed by atoms with van der Waals surface area (Å²) in [4.78, 5) is 0. The van der Waals surface area contributed by atoms with Crippen molar-refractivity contribution in [2.75, 3.05) is 24.7 Å². The predicted octanol–water partition coefficient (Wildman–Crippen LogP) is 2.83. The van der Waals surface area contributed by atoms with Gasteiger partial charge in [0.1, 0.15) is 0 Å². The van der Waals surface area contributed by atoms with Gasteiger partial charge in [0.25, 0.3) is 0 Å². The number of thioether (sulfide) groups is 1. The number of aryl methyl sites for hydroxylation is 2. The molecule has 0 bridgehead atoms. The van der Waals surface area contributed by atoms with E-state index in [1.807, 2.05) is 11.8 Å². The van der Waals surface area contributed by atoms with Crippen LogP contribution >= 0.6 is 11.8 Å². The van der Waals surface area contributed by atoms with Gasteiger partial charge in [-0.05, 0) is 48.9 Å². The Balaban J connectivity index is 1.68. The summed E-state index contributed by atoms with van der Waals surface area (Å²) >= 11 is 2.02. The molecule has 1 saturated heterocycles. The molecule has 0 radical (unpaired) electrons. The van der Waals surface area contributed by atoms with Crippen LogP contribution in [0.25, 0.3) is 0 Å². The average molecular weight is 291 g/mol. The van der Waals surface area contributed by atoms with E-state index in [2.05, 4.69) is 30.4 Å². The van der Waals surface area contributed by atoms with Crippen LogP contribution in [0.2, 0.25) is 0 Å². The Hall–Kier alpha value is -0.510. The second kappa shape index (κ2) is 6.97. The highest BCUT2D eigenvalue weighted by Crippen LogP contribution is 2.24. The fourth-order valence-corrected chi connectivity index (χ4v) is 4.28. The van der Waals surface area contributed by atoms with Gasteiger partial charge < -0.3 is 10.1 Å². The molecule has 3 heteroatoms. The lowest BCUT2D eigenvalue weighted by atomic mass is 9.98. The van der Waals surface area contributed by atoms with Gasteiger partial charge in [-0.3, -0.25) is 0 Å². The zero-order valence-corrected chi connectivity index (χ0v) is 13.2. The van der Waals surface area contributed by atoms with Gasteiger partial charge in [-0.15, -0.1) is 0 Å². The summed E-state index contributed by atoms with van der Waals surface area (Å²) in [6.45, 7) is 4.10. The minimum absolute atomic E-state index is 0.363. The average Bonchev–Trinajstić information content (AvgIpc) is 2.95. The fourth-order valence-electron chi connectivity index (χ4n) is 3.34. The molecule has 2 unspecified atom stereocenters. The maximum Gasteiger partial charge on any atom is 0.0821 e. The van der Waals surface area contributed by atoms with Crippen molar-refractivity contribution in [2.24, 2.45) is 0 Å². The van der Waals surface area contributed by atoms with Gasteiger partial charge in [0.15, 0.2) is 0 Å². The van der Waals surface area contributed by atoms with Crippen molar-refractivity contribution in [3.63, 3.8) is 0 Å². The summed E-state index contributed by atoms with van der Waals surface area (Å²) in [6, 6.07) is 7.55. The number of likely N-dealkylation sites (N-methyl/N-ethyl adjacent to an activating group) is 1. The van der Waals surface area contributed by atoms with E-state index < -0.39 is 0 Å². The standard InChI is InChI=1S/C17H25NOS/c1-2-18-16(17-12-20-9-8-19-17)11-13-6-7-14-4-3-5-15(14)10-13/h6-7,10,16-18H,2-5,8-9,11-12H2,1H3. The Kier molecular flexibility index (Phi) is 5.03. The number of ether oxygens (including phenoxy) is 1. The smallest absolute Gasteiger partial charge is 0.0821 e. The highest BCUT2D eigenvalue weighted by Gasteiger charge is 2.24. The Morgan fingerprint density at radius 3 is 3.05 bits per heavy atom. The molecular formula is C17H25NOS. The number of nitrogens with one attached hydrogen (secondary N) is 1. The Morgan fingerprint density at radius 1 is 1.35 bits per heavy atom. The van der Waals surface area contributed by atoms with Crippen LogP contribution in [0.1, 0.15) is 30.0 Å². The zero-order chi connectivity index (χ0) is 13.8. The SMILES string of the molecule is CCNC(Cc1ccc2c(c1)CCC2)C1CSCCO1. The molecule has 3 rings (SSSR count). The lowest BCUT2D eigenvalue weighted by molar-refractivity contribution is 0.0476. The van der Waals surface area contributed by atoms with E-state index in [-0.39, 0.29) is 0 Å². The molecule has 110 valence electrons. The molecule has 2 nitrogen and oxygen atoms in total. The molecule has 0 aromatic heterocycles. The zero-order valence-electron chi connectivity index (χ0n) is 12.4. The van der Waals surface area contributed by atoms with Crippen molar-refractivity contribution in [2.45, 2.75) is 44.8 Å². The predicted molar refractivity (Wildman–Crippen MR) is 86.7 cm³/mol. The fraction of sp³-hybridized carbons (Fsp3) is 0.647. The molecule has 1 N–H and O–H groups in total. The third-order valence-electron chi connectivity index (χ3n) is 4.38. The number of benzene rings is 1. The van der Waals surface area contributed by atoms with E-state index in [1.54, 1.807) is 11.1 Å². The molecule has 1 heterocycles. The molecule has 1 aromatic carbocycles. The van der Waals surface area contributed by atoms with E-state index in [0.717, 1.165) is 31.1 Å². The molecular weight excluding hydrogens is 266 g/mol. The number of fused-ring (bicyclic) bond motifs is 1. The van der Waals surface area contributed by atoms with E-state index in [0.29, 0.717) is 12.1 Å². The van der Waals surface area contributed by atoms with Gasteiger partial charge in [0.05, 0.1) is 12.7 Å². The normalized spacial score (nSPS) is 23.6. The molecule has 2 aliphatic rings. The van der Waals surface area contributed by atoms with E-state index in [9.17, 15) is 0 Å². The van der Waals surface area contributed by atoms with Crippen molar-refractivity contribution >= 4 is 11.8 Å². The van der Waals surface area contributed by atoms with Crippen molar-refractivity contribution < 1.29 is 4.74 Å². The molecule has 20 heavy (non-hydrogen) atoms. The van der Waals surface area contributed by atoms with Crippen LogP contribution in [0.5, 0.6) is 0 Å². The van der Waals surface area contributed by atoms with Crippen LogP contribution in [-0.4, -0.2) is 36.8 Å². The molecule has 1 fully saturated rings. The summed E-state index contributed by atoms with van der Waals surface area (Å²) in [7, 11) is 0. The van der Waals surface area contributed by atoms with Gasteiger partial charge in [-0.1, -0.05) is 25.1 Å². The van der Waals surface area contributed by atoms with Gasteiger partial charge in [-0.25, -0.2) is 0 Å². The lowest BCUT2D eigenvalue weighted by Crippen LogP contribution is -2.46. The lowest BCUT2D eigenvalue weighted by Gasteiger charge is -2.31. The monoisotopic (exact) mass is 291 g/mol. The highest BCUT2D eigenvalue weighted by molar-refractivity contribution is 7.99. The van der Waals surface area contributed by atoms with Crippen molar-refractivity contribution in [3.05, 3.63) is 34.9 Å². The highest BCUT2D eigenvalue weighted by atomic mass is 32.2. The third kappa shape index (κ3) is 3.38. The first kappa shape index (κ1) is 14.4. The van der Waals surface area contributed by atoms with Crippen LogP contribution in [-0.2, 0) is 24.0 Å². The summed E-state index contributed by atoms with van der Waals surface area (Å²) in [5.74, 6) is 2.27. The van der Waals surface area contributed by atoms with Crippen LogP contribution in [0.4, 0.5) is 0 Å². The molecule has 1 aliphatic heterocycles. The molecule has 0 saturated carbocycles. The first-order chi connectivity index (χ1) is 9.86. The van der Waals surface area contributed by atoms with Crippen molar-refractivity contribution in [1.29, 1.82) is 0 Å². The van der Waals surface area contributed by atoms with E-state index in [1.165, 1.54) is 24.8 Å². The maximum atomic E-state index is 5.97. The minimum Gasteiger partial charge on any atom is -0.375 e. The first-order valence-electron chi connectivity index (χ1n) is 7.90. The molecule has 0 spiro atoms. The number of hydrogen-bond donors (Lipinski definition) is 1. The molecule has 1 aliphatic carbocycles. The van der Waals surface area contributed by atoms with Gasteiger partial charge in [-0.2, -0.15) is 11.8 Å². The number of hydrogen-bond acceptors (Lipinski definition) is 3. The largest absolute Gasteiger partial charge is 0.375 e. The quantitative estimate of drug-likeness (QED) is 0.901. The summed E-state index contributed by atoms with van der Waals surface area (Å²) in [5.41, 5.74) is 4.62. The minimum atomic E-state index is 0.363. The van der Waals surface area contributed by atoms with Crippen LogP contribution < -0.4 is 5.32 Å². The maximum absolute atomic E-state index is 5.97. The van der Waals surface area contributed by atoms with Crippen LogP contribution in [0, 0.1) is 0 Å². The first-order valence-corrected chi connectivity index (χ1v) is 9.05. The summed E-state index contributed by atoms with van der Waals surface area (Å²) < 4.78 is 5.97. The van der Waals surface area contributed by atoms with Gasteiger partial charge in [0.2, 0.25) is 0 Å². The summed E-state index contributed by atoms with van der Waals surface area (Å²) in [5, 5.41) is 3.63. The molecule has 0 amide bonds. The second-order valence-electron chi connectivity index (χ2n) is 5.81. The van der Waals surface area contributed by atoms with Gasteiger partial charge in [0, 0.05) is 17.5 Å². The Bertz CT molecular complexity index is 443. The van der Waals surface area contributed by atoms with Crippen LogP contribution in [0.15, 0.2) is 18.2 Å². The number of rotatable bonds is 5. The molecule has 2 atom stereocenters. The molecule has 1 aromatic rings. The Labute approximate surface area is 126 Å². The van der Waals surface area contributed by atoms with Crippen molar-refractivity contribution in [1.82, 2.24) is 5.32 Å². The second-order valence-corrected chi connectivity index (χ2v) is 6.96. The topological polar surface area (TPSA) is 21.3 Å². The Morgan fingerprint density at radius 2 is 2.25 bits per heavy atom. The summed E-state index contributed by atoms with van der Waals surface area (Å²) in [6.07, 6.45) is 5.32.